The van der Waals surface area contributed by atoms with Crippen molar-refractivity contribution < 1.29 is 4.74 Å². The van der Waals surface area contributed by atoms with Crippen molar-refractivity contribution >= 4 is 45.0 Å². The van der Waals surface area contributed by atoms with Crippen molar-refractivity contribution in [3.8, 4) is 11.6 Å². The summed E-state index contributed by atoms with van der Waals surface area (Å²) in [6.45, 7) is 0.305. The molecule has 0 aliphatic carbocycles. The first kappa shape index (κ1) is 17.9. The van der Waals surface area contributed by atoms with Crippen LogP contribution in [0.25, 0.3) is 27.5 Å². The minimum atomic E-state index is 0.305. The van der Waals surface area contributed by atoms with Gasteiger partial charge in [0.25, 0.3) is 0 Å². The lowest BCUT2D eigenvalue weighted by molar-refractivity contribution is 0.288. The van der Waals surface area contributed by atoms with Crippen LogP contribution in [0.5, 0.6) is 5.88 Å². The molecule has 3 heterocycles. The lowest BCUT2D eigenvalue weighted by Gasteiger charge is -2.11. The summed E-state index contributed by atoms with van der Waals surface area (Å²) in [5.41, 5.74) is 3.32. The molecule has 5 aromatic rings. The molecule has 2 aromatic carbocycles. The SMILES string of the molecule is Clc1ccc(-n2nc3c(cnc4ccncc43)c2OCc2ccccc2Cl)cc1. The van der Waals surface area contributed by atoms with Crippen LogP contribution in [0.3, 0.4) is 0 Å². The number of aromatic nitrogens is 4. The summed E-state index contributed by atoms with van der Waals surface area (Å²) in [7, 11) is 0. The fraction of sp³-hybridized carbons (Fsp3) is 0.0455. The highest BCUT2D eigenvalue weighted by Crippen LogP contribution is 2.33. The number of pyridine rings is 2. The third kappa shape index (κ3) is 3.28. The zero-order valence-electron chi connectivity index (χ0n) is 15.1. The molecule has 0 fully saturated rings. The Morgan fingerprint density at radius 3 is 2.55 bits per heavy atom. The van der Waals surface area contributed by atoms with Gasteiger partial charge in [0.1, 0.15) is 12.1 Å². The van der Waals surface area contributed by atoms with E-state index in [1.807, 2.05) is 54.6 Å². The maximum absolute atomic E-state index is 6.30. The van der Waals surface area contributed by atoms with Crippen LogP contribution in [0.1, 0.15) is 5.56 Å². The number of rotatable bonds is 4. The van der Waals surface area contributed by atoms with Crippen LogP contribution < -0.4 is 4.74 Å². The Morgan fingerprint density at radius 1 is 0.897 bits per heavy atom. The Hall–Kier alpha value is -3.15. The van der Waals surface area contributed by atoms with E-state index in [0.717, 1.165) is 33.1 Å². The van der Waals surface area contributed by atoms with Gasteiger partial charge in [0, 0.05) is 39.6 Å². The molecule has 0 radical (unpaired) electrons. The molecular formula is C22H14Cl2N4O. The Balaban J connectivity index is 1.68. The molecule has 7 heteroatoms. The van der Waals surface area contributed by atoms with E-state index in [-0.39, 0.29) is 0 Å². The highest BCUT2D eigenvalue weighted by molar-refractivity contribution is 6.31. The van der Waals surface area contributed by atoms with E-state index < -0.39 is 0 Å². The third-order valence-corrected chi connectivity index (χ3v) is 5.28. The summed E-state index contributed by atoms with van der Waals surface area (Å²) in [6, 6.07) is 16.9. The van der Waals surface area contributed by atoms with Gasteiger partial charge in [-0.2, -0.15) is 9.78 Å². The molecular weight excluding hydrogens is 407 g/mol. The Bertz CT molecular complexity index is 1330. The van der Waals surface area contributed by atoms with Gasteiger partial charge in [0.2, 0.25) is 5.88 Å². The fourth-order valence-corrected chi connectivity index (χ4v) is 3.52. The molecule has 3 aromatic heterocycles. The summed E-state index contributed by atoms with van der Waals surface area (Å²) >= 11 is 12.4. The zero-order chi connectivity index (χ0) is 19.8. The molecule has 0 atom stereocenters. The molecule has 0 N–H and O–H groups in total. The minimum Gasteiger partial charge on any atom is -0.472 e. The first-order valence-electron chi connectivity index (χ1n) is 8.94. The average molecular weight is 421 g/mol. The third-order valence-electron chi connectivity index (χ3n) is 4.66. The highest BCUT2D eigenvalue weighted by Gasteiger charge is 2.18. The molecule has 0 bridgehead atoms. The monoisotopic (exact) mass is 420 g/mol. The number of ether oxygens (including phenoxy) is 1. The summed E-state index contributed by atoms with van der Waals surface area (Å²) in [5, 5.41) is 7.78. The van der Waals surface area contributed by atoms with E-state index in [0.29, 0.717) is 22.5 Å². The predicted octanol–water partition coefficient (Wildman–Crippen LogP) is 5.85. The van der Waals surface area contributed by atoms with Gasteiger partial charge in [-0.1, -0.05) is 41.4 Å². The van der Waals surface area contributed by atoms with Gasteiger partial charge < -0.3 is 4.74 Å². The summed E-state index contributed by atoms with van der Waals surface area (Å²) in [6.07, 6.45) is 5.26. The Morgan fingerprint density at radius 2 is 1.72 bits per heavy atom. The number of hydrogen-bond donors (Lipinski definition) is 0. The number of hydrogen-bond acceptors (Lipinski definition) is 4. The van der Waals surface area contributed by atoms with E-state index in [4.69, 9.17) is 33.0 Å². The molecule has 0 spiro atoms. The minimum absolute atomic E-state index is 0.305. The van der Waals surface area contributed by atoms with E-state index >= 15 is 0 Å². The second kappa shape index (κ2) is 7.35. The molecule has 0 aliphatic heterocycles. The molecule has 142 valence electrons. The topological polar surface area (TPSA) is 52.8 Å². The van der Waals surface area contributed by atoms with Crippen LogP contribution in [0, 0.1) is 0 Å². The van der Waals surface area contributed by atoms with Crippen LogP contribution >= 0.6 is 23.2 Å². The van der Waals surface area contributed by atoms with E-state index in [9.17, 15) is 0 Å². The maximum atomic E-state index is 6.30. The predicted molar refractivity (Wildman–Crippen MR) is 115 cm³/mol. The Labute approximate surface area is 176 Å². The van der Waals surface area contributed by atoms with E-state index in [1.54, 1.807) is 23.3 Å². The van der Waals surface area contributed by atoms with Crippen molar-refractivity contribution in [2.45, 2.75) is 6.61 Å². The standard InChI is InChI=1S/C22H14Cl2N4O/c23-15-5-7-16(8-6-15)28-22(29-13-14-3-1-2-4-19(14)24)18-12-26-20-9-10-25-11-17(20)21(18)27-28/h1-12H,13H2. The number of halogens is 2. The molecule has 0 unspecified atom stereocenters. The first-order chi connectivity index (χ1) is 14.2. The van der Waals surface area contributed by atoms with E-state index in [2.05, 4.69) is 9.97 Å². The Kier molecular flexibility index (Phi) is 4.54. The van der Waals surface area contributed by atoms with E-state index in [1.165, 1.54) is 0 Å². The summed E-state index contributed by atoms with van der Waals surface area (Å²) in [4.78, 5) is 8.77. The van der Waals surface area contributed by atoms with Crippen LogP contribution in [0.15, 0.2) is 73.2 Å². The number of fused-ring (bicyclic) bond motifs is 3. The molecule has 0 amide bonds. The summed E-state index contributed by atoms with van der Waals surface area (Å²) < 4.78 is 7.97. The average Bonchev–Trinajstić information content (AvgIpc) is 3.13. The van der Waals surface area contributed by atoms with Crippen molar-refractivity contribution in [2.75, 3.05) is 0 Å². The molecule has 5 nitrogen and oxygen atoms in total. The van der Waals surface area contributed by atoms with Gasteiger partial charge in [-0.05, 0) is 36.4 Å². The number of benzene rings is 2. The van der Waals surface area contributed by atoms with Gasteiger partial charge in [-0.15, -0.1) is 0 Å². The largest absolute Gasteiger partial charge is 0.472 e. The van der Waals surface area contributed by atoms with Crippen molar-refractivity contribution in [2.24, 2.45) is 0 Å². The lowest BCUT2D eigenvalue weighted by atomic mass is 10.2. The van der Waals surface area contributed by atoms with Gasteiger partial charge in [-0.25, -0.2) is 0 Å². The lowest BCUT2D eigenvalue weighted by Crippen LogP contribution is -2.03. The van der Waals surface area contributed by atoms with Gasteiger partial charge in [-0.3, -0.25) is 9.97 Å². The maximum Gasteiger partial charge on any atom is 0.226 e. The van der Waals surface area contributed by atoms with Gasteiger partial charge in [0.15, 0.2) is 0 Å². The first-order valence-corrected chi connectivity index (χ1v) is 9.70. The molecule has 0 saturated heterocycles. The van der Waals surface area contributed by atoms with Crippen LogP contribution in [-0.4, -0.2) is 19.7 Å². The van der Waals surface area contributed by atoms with Crippen molar-refractivity contribution in [1.82, 2.24) is 19.7 Å². The molecule has 29 heavy (non-hydrogen) atoms. The second-order valence-corrected chi connectivity index (χ2v) is 7.33. The quantitative estimate of drug-likeness (QED) is 0.365. The fourth-order valence-electron chi connectivity index (χ4n) is 3.20. The van der Waals surface area contributed by atoms with Crippen LogP contribution in [-0.2, 0) is 6.61 Å². The number of nitrogens with zero attached hydrogens (tertiary/aromatic N) is 4. The highest BCUT2D eigenvalue weighted by atomic mass is 35.5. The molecule has 0 aliphatic rings. The second-order valence-electron chi connectivity index (χ2n) is 6.49. The molecule has 5 rings (SSSR count). The summed E-state index contributed by atoms with van der Waals surface area (Å²) in [5.74, 6) is 0.584. The van der Waals surface area contributed by atoms with Crippen molar-refractivity contribution in [3.63, 3.8) is 0 Å². The molecule has 0 saturated carbocycles. The van der Waals surface area contributed by atoms with Gasteiger partial charge >= 0.3 is 0 Å². The van der Waals surface area contributed by atoms with Gasteiger partial charge in [0.05, 0.1) is 16.6 Å². The normalized spacial score (nSPS) is 11.2. The van der Waals surface area contributed by atoms with Crippen molar-refractivity contribution in [1.29, 1.82) is 0 Å². The van der Waals surface area contributed by atoms with Crippen LogP contribution in [0.2, 0.25) is 10.0 Å². The zero-order valence-corrected chi connectivity index (χ0v) is 16.6. The van der Waals surface area contributed by atoms with Crippen molar-refractivity contribution in [3.05, 3.63) is 88.8 Å². The van der Waals surface area contributed by atoms with Crippen LogP contribution in [0.4, 0.5) is 0 Å². The smallest absolute Gasteiger partial charge is 0.226 e.